The van der Waals surface area contributed by atoms with E-state index in [0.29, 0.717) is 21.7 Å². The minimum Gasteiger partial charge on any atom is -0.464 e. The van der Waals surface area contributed by atoms with Gasteiger partial charge in [0.05, 0.1) is 18.2 Å². The van der Waals surface area contributed by atoms with E-state index in [2.05, 4.69) is 5.32 Å². The van der Waals surface area contributed by atoms with Crippen LogP contribution in [0.4, 0.5) is 5.00 Å². The third kappa shape index (κ3) is 3.76. The van der Waals surface area contributed by atoms with Crippen molar-refractivity contribution >= 4 is 39.2 Å². The zero-order chi connectivity index (χ0) is 18.7. The number of ether oxygens (including phenoxy) is 1. The molecule has 2 heterocycles. The fourth-order valence-corrected chi connectivity index (χ4v) is 3.22. The zero-order valence-electron chi connectivity index (χ0n) is 14.2. The summed E-state index contributed by atoms with van der Waals surface area (Å²) in [6.45, 7) is 3.45. The van der Waals surface area contributed by atoms with Crippen molar-refractivity contribution in [1.29, 1.82) is 5.26 Å². The summed E-state index contributed by atoms with van der Waals surface area (Å²) in [7, 11) is 0. The first kappa shape index (κ1) is 17.7. The summed E-state index contributed by atoms with van der Waals surface area (Å²) in [5.74, 6) is -1.01. The van der Waals surface area contributed by atoms with Gasteiger partial charge >= 0.3 is 5.97 Å². The standard InChI is InChI=1S/C19H16N2O4S/c1-11-3-4-15-14(10-24-16(15)7-11)8-17(22)25-12(2)18(23)21-19-13(9-20)5-6-26-19/h3-7,10,12H,8H2,1-2H3,(H,21,23)/t12-/m1/s1. The zero-order valence-corrected chi connectivity index (χ0v) is 15.1. The molecule has 0 saturated carbocycles. The number of hydrogen-bond acceptors (Lipinski definition) is 6. The Bertz CT molecular complexity index is 1010. The molecule has 0 unspecified atom stereocenters. The van der Waals surface area contributed by atoms with Crippen molar-refractivity contribution in [2.45, 2.75) is 26.4 Å². The van der Waals surface area contributed by atoms with Gasteiger partial charge in [-0.15, -0.1) is 11.3 Å². The first-order valence-electron chi connectivity index (χ1n) is 7.92. The Hall–Kier alpha value is -3.11. The SMILES string of the molecule is Cc1ccc2c(CC(=O)O[C@H](C)C(=O)Nc3sccc3C#N)coc2c1. The Labute approximate surface area is 154 Å². The lowest BCUT2D eigenvalue weighted by molar-refractivity contribution is -0.152. The predicted octanol–water partition coefficient (Wildman–Crippen LogP) is 3.79. The Kier molecular flexibility index (Phi) is 5.05. The molecule has 0 spiro atoms. The molecule has 2 aromatic heterocycles. The van der Waals surface area contributed by atoms with Crippen LogP contribution in [0.25, 0.3) is 11.0 Å². The van der Waals surface area contributed by atoms with Gasteiger partial charge in [0, 0.05) is 10.9 Å². The van der Waals surface area contributed by atoms with Gasteiger partial charge in [0.1, 0.15) is 16.7 Å². The smallest absolute Gasteiger partial charge is 0.311 e. The number of benzene rings is 1. The van der Waals surface area contributed by atoms with Crippen LogP contribution >= 0.6 is 11.3 Å². The van der Waals surface area contributed by atoms with Gasteiger partial charge in [-0.1, -0.05) is 12.1 Å². The number of nitrogens with one attached hydrogen (secondary N) is 1. The third-order valence-corrected chi connectivity index (χ3v) is 4.68. The lowest BCUT2D eigenvalue weighted by Crippen LogP contribution is -2.30. The van der Waals surface area contributed by atoms with E-state index >= 15 is 0 Å². The molecule has 1 aromatic carbocycles. The molecule has 0 aliphatic rings. The van der Waals surface area contributed by atoms with Crippen molar-refractivity contribution in [2.24, 2.45) is 0 Å². The van der Waals surface area contributed by atoms with Crippen LogP contribution in [-0.4, -0.2) is 18.0 Å². The number of anilines is 1. The van der Waals surface area contributed by atoms with Crippen molar-refractivity contribution in [2.75, 3.05) is 5.32 Å². The van der Waals surface area contributed by atoms with Gasteiger partial charge in [-0.2, -0.15) is 5.26 Å². The van der Waals surface area contributed by atoms with Crippen LogP contribution in [0.2, 0.25) is 0 Å². The van der Waals surface area contributed by atoms with Crippen LogP contribution in [0.3, 0.4) is 0 Å². The molecule has 132 valence electrons. The molecule has 0 aliphatic carbocycles. The highest BCUT2D eigenvalue weighted by molar-refractivity contribution is 7.14. The summed E-state index contributed by atoms with van der Waals surface area (Å²) < 4.78 is 10.7. The van der Waals surface area contributed by atoms with E-state index in [4.69, 9.17) is 14.4 Å². The maximum atomic E-state index is 12.2. The minimum absolute atomic E-state index is 0.0100. The highest BCUT2D eigenvalue weighted by atomic mass is 32.1. The number of nitrogens with zero attached hydrogens (tertiary/aromatic N) is 1. The van der Waals surface area contributed by atoms with E-state index in [1.165, 1.54) is 24.5 Å². The molecule has 26 heavy (non-hydrogen) atoms. The second-order valence-corrected chi connectivity index (χ2v) is 6.75. The van der Waals surface area contributed by atoms with Gasteiger partial charge < -0.3 is 14.5 Å². The maximum absolute atomic E-state index is 12.2. The molecule has 0 fully saturated rings. The van der Waals surface area contributed by atoms with Crippen molar-refractivity contribution in [1.82, 2.24) is 0 Å². The molecule has 7 heteroatoms. The summed E-state index contributed by atoms with van der Waals surface area (Å²) in [6, 6.07) is 9.34. The summed E-state index contributed by atoms with van der Waals surface area (Å²) in [4.78, 5) is 24.3. The monoisotopic (exact) mass is 368 g/mol. The topological polar surface area (TPSA) is 92.3 Å². The van der Waals surface area contributed by atoms with Crippen LogP contribution in [0.15, 0.2) is 40.3 Å². The Morgan fingerprint density at radius 1 is 1.38 bits per heavy atom. The number of amides is 1. The molecule has 1 atom stereocenters. The van der Waals surface area contributed by atoms with Gasteiger partial charge in [-0.3, -0.25) is 9.59 Å². The Morgan fingerprint density at radius 2 is 2.19 bits per heavy atom. The molecule has 0 aliphatic heterocycles. The molecular weight excluding hydrogens is 352 g/mol. The molecule has 1 N–H and O–H groups in total. The molecule has 6 nitrogen and oxygen atoms in total. The highest BCUT2D eigenvalue weighted by Gasteiger charge is 2.20. The van der Waals surface area contributed by atoms with Crippen LogP contribution < -0.4 is 5.32 Å². The average molecular weight is 368 g/mol. The number of carbonyl (C=O) groups excluding carboxylic acids is 2. The number of thiophene rings is 1. The Morgan fingerprint density at radius 3 is 2.96 bits per heavy atom. The number of rotatable bonds is 5. The van der Waals surface area contributed by atoms with Crippen molar-refractivity contribution in [3.63, 3.8) is 0 Å². The summed E-state index contributed by atoms with van der Waals surface area (Å²) >= 11 is 1.24. The van der Waals surface area contributed by atoms with E-state index in [9.17, 15) is 9.59 Å². The number of fused-ring (bicyclic) bond motifs is 1. The van der Waals surface area contributed by atoms with Crippen LogP contribution in [-0.2, 0) is 20.7 Å². The first-order valence-corrected chi connectivity index (χ1v) is 8.80. The second-order valence-electron chi connectivity index (χ2n) is 5.83. The van der Waals surface area contributed by atoms with Crippen molar-refractivity contribution in [3.05, 3.63) is 52.6 Å². The van der Waals surface area contributed by atoms with Gasteiger partial charge in [0.15, 0.2) is 6.10 Å². The van der Waals surface area contributed by atoms with Crippen molar-refractivity contribution in [3.8, 4) is 6.07 Å². The van der Waals surface area contributed by atoms with Crippen LogP contribution in [0.1, 0.15) is 23.6 Å². The summed E-state index contributed by atoms with van der Waals surface area (Å²) in [5, 5.41) is 14.6. The predicted molar refractivity (Wildman–Crippen MR) is 97.9 cm³/mol. The van der Waals surface area contributed by atoms with Gasteiger partial charge in [-0.05, 0) is 36.9 Å². The van der Waals surface area contributed by atoms with Gasteiger partial charge in [0.25, 0.3) is 5.91 Å². The number of carbonyl (C=O) groups is 2. The molecule has 3 aromatic rings. The van der Waals surface area contributed by atoms with E-state index in [0.717, 1.165) is 10.9 Å². The lowest BCUT2D eigenvalue weighted by atomic mass is 10.1. The van der Waals surface area contributed by atoms with Crippen molar-refractivity contribution < 1.29 is 18.7 Å². The van der Waals surface area contributed by atoms with E-state index in [1.54, 1.807) is 11.4 Å². The second kappa shape index (κ2) is 7.42. The maximum Gasteiger partial charge on any atom is 0.311 e. The Balaban J connectivity index is 1.62. The number of esters is 1. The molecular formula is C19H16N2O4S. The molecule has 1 amide bonds. The summed E-state index contributed by atoms with van der Waals surface area (Å²) in [6.07, 6.45) is 0.563. The van der Waals surface area contributed by atoms with E-state index in [-0.39, 0.29) is 6.42 Å². The fraction of sp³-hybridized carbons (Fsp3) is 0.211. The van der Waals surface area contributed by atoms with Crippen LogP contribution in [0.5, 0.6) is 0 Å². The molecule has 0 bridgehead atoms. The van der Waals surface area contributed by atoms with Gasteiger partial charge in [-0.25, -0.2) is 0 Å². The molecule has 0 saturated heterocycles. The van der Waals surface area contributed by atoms with E-state index < -0.39 is 18.0 Å². The number of hydrogen-bond donors (Lipinski definition) is 1. The quantitative estimate of drug-likeness (QED) is 0.692. The third-order valence-electron chi connectivity index (χ3n) is 3.85. The highest BCUT2D eigenvalue weighted by Crippen LogP contribution is 2.24. The molecule has 0 radical (unpaired) electrons. The normalized spacial score (nSPS) is 11.7. The van der Waals surface area contributed by atoms with Crippen LogP contribution in [0, 0.1) is 18.3 Å². The fourth-order valence-electron chi connectivity index (χ4n) is 2.48. The first-order chi connectivity index (χ1) is 12.5. The minimum atomic E-state index is -0.975. The average Bonchev–Trinajstić information content (AvgIpc) is 3.21. The van der Waals surface area contributed by atoms with Gasteiger partial charge in [0.2, 0.25) is 0 Å². The number of furan rings is 1. The number of nitriles is 1. The number of aryl methyl sites for hydroxylation is 1. The van der Waals surface area contributed by atoms with E-state index in [1.807, 2.05) is 31.2 Å². The molecule has 3 rings (SSSR count). The lowest BCUT2D eigenvalue weighted by Gasteiger charge is -2.12. The summed E-state index contributed by atoms with van der Waals surface area (Å²) in [5.41, 5.74) is 2.86. The largest absolute Gasteiger partial charge is 0.464 e.